The van der Waals surface area contributed by atoms with Crippen molar-refractivity contribution in [3.8, 4) is 0 Å². The fraction of sp³-hybridized carbons (Fsp3) is 0.550. The fourth-order valence-corrected chi connectivity index (χ4v) is 3.22. The molecular formula is C20H26O6. The van der Waals surface area contributed by atoms with Crippen molar-refractivity contribution in [3.63, 3.8) is 0 Å². The topological polar surface area (TPSA) is 89.9 Å². The van der Waals surface area contributed by atoms with Crippen molar-refractivity contribution in [2.24, 2.45) is 5.92 Å². The minimum absolute atomic E-state index is 0.127. The third-order valence-electron chi connectivity index (χ3n) is 5.07. The molecule has 26 heavy (non-hydrogen) atoms. The molecule has 0 aromatic carbocycles. The van der Waals surface area contributed by atoms with E-state index < -0.39 is 35.7 Å². The van der Waals surface area contributed by atoms with Gasteiger partial charge in [0.1, 0.15) is 17.8 Å². The normalized spacial score (nSPS) is 35.3. The summed E-state index contributed by atoms with van der Waals surface area (Å²) in [5.41, 5.74) is -0.239. The third-order valence-corrected chi connectivity index (χ3v) is 5.07. The molecule has 0 bridgehead atoms. The number of Topliss-reactive ketones (excluding diaryl/α,β-unsaturated/α-hetero) is 1. The summed E-state index contributed by atoms with van der Waals surface area (Å²) in [5, 5.41) is 10.7. The molecule has 0 aromatic rings. The van der Waals surface area contributed by atoms with E-state index in [1.165, 1.54) is 6.92 Å². The van der Waals surface area contributed by atoms with E-state index in [4.69, 9.17) is 9.47 Å². The number of carbonyl (C=O) groups excluding carboxylic acids is 3. The average Bonchev–Trinajstić information content (AvgIpc) is 2.84. The Bertz CT molecular complexity index is 697. The van der Waals surface area contributed by atoms with Gasteiger partial charge in [0, 0.05) is 24.0 Å². The van der Waals surface area contributed by atoms with E-state index in [1.54, 1.807) is 26.0 Å². The maximum Gasteiger partial charge on any atom is 0.334 e. The zero-order valence-corrected chi connectivity index (χ0v) is 15.7. The molecule has 4 atom stereocenters. The molecule has 142 valence electrons. The molecule has 0 spiro atoms. The summed E-state index contributed by atoms with van der Waals surface area (Å²) in [6.45, 7) is 10.3. The van der Waals surface area contributed by atoms with Crippen LogP contribution < -0.4 is 0 Å². The highest BCUT2D eigenvalue weighted by Gasteiger charge is 2.48. The lowest BCUT2D eigenvalue weighted by Gasteiger charge is -2.32. The monoisotopic (exact) mass is 362 g/mol. The minimum atomic E-state index is -1.68. The van der Waals surface area contributed by atoms with Gasteiger partial charge in [0.05, 0.1) is 5.92 Å². The van der Waals surface area contributed by atoms with Crippen LogP contribution in [0.2, 0.25) is 0 Å². The molecule has 0 aromatic heterocycles. The van der Waals surface area contributed by atoms with Gasteiger partial charge in [-0.05, 0) is 40.2 Å². The molecule has 1 N–H and O–H groups in total. The van der Waals surface area contributed by atoms with Crippen molar-refractivity contribution >= 4 is 17.7 Å². The highest BCUT2D eigenvalue weighted by Crippen LogP contribution is 2.37. The number of hydrogen-bond acceptors (Lipinski definition) is 6. The molecule has 2 rings (SSSR count). The van der Waals surface area contributed by atoms with E-state index in [1.807, 2.05) is 6.92 Å². The van der Waals surface area contributed by atoms with Crippen molar-refractivity contribution < 1.29 is 29.0 Å². The van der Waals surface area contributed by atoms with E-state index in [-0.39, 0.29) is 24.2 Å². The van der Waals surface area contributed by atoms with Crippen LogP contribution in [-0.4, -0.2) is 40.6 Å². The highest BCUT2D eigenvalue weighted by atomic mass is 16.6. The number of ketones is 1. The Morgan fingerprint density at radius 1 is 1.42 bits per heavy atom. The molecule has 0 saturated carbocycles. The molecule has 1 fully saturated rings. The summed E-state index contributed by atoms with van der Waals surface area (Å²) < 4.78 is 11.0. The lowest BCUT2D eigenvalue weighted by atomic mass is 9.80. The predicted molar refractivity (Wildman–Crippen MR) is 95.1 cm³/mol. The van der Waals surface area contributed by atoms with Crippen molar-refractivity contribution in [3.05, 3.63) is 35.5 Å². The SMILES string of the molecule is C=C1C(=O)O[C@H]2/C=C(\C)CCC(=O)[C@@](C)(O)C[C@@H](OC(=O)/C(C)=C\C)[C@@H]12. The van der Waals surface area contributed by atoms with E-state index in [2.05, 4.69) is 6.58 Å². The smallest absolute Gasteiger partial charge is 0.334 e. The van der Waals surface area contributed by atoms with Crippen LogP contribution in [0.15, 0.2) is 35.5 Å². The number of carbonyl (C=O) groups is 3. The van der Waals surface area contributed by atoms with Crippen LogP contribution in [0.3, 0.4) is 0 Å². The first-order valence-electron chi connectivity index (χ1n) is 8.73. The first kappa shape index (κ1) is 20.1. The maximum atomic E-state index is 12.4. The van der Waals surface area contributed by atoms with Gasteiger partial charge >= 0.3 is 11.9 Å². The Morgan fingerprint density at radius 3 is 2.69 bits per heavy atom. The largest absolute Gasteiger partial charge is 0.458 e. The van der Waals surface area contributed by atoms with Gasteiger partial charge in [-0.3, -0.25) is 4.79 Å². The Kier molecular flexibility index (Phi) is 5.86. The number of ether oxygens (including phenoxy) is 2. The third kappa shape index (κ3) is 4.12. The second-order valence-electron chi connectivity index (χ2n) is 7.25. The lowest BCUT2D eigenvalue weighted by Crippen LogP contribution is -2.44. The van der Waals surface area contributed by atoms with Crippen LogP contribution in [-0.2, 0) is 23.9 Å². The molecular weight excluding hydrogens is 336 g/mol. The van der Waals surface area contributed by atoms with Crippen LogP contribution in [0.5, 0.6) is 0 Å². The fourth-order valence-electron chi connectivity index (χ4n) is 3.22. The second-order valence-corrected chi connectivity index (χ2v) is 7.25. The first-order chi connectivity index (χ1) is 12.1. The highest BCUT2D eigenvalue weighted by molar-refractivity contribution is 5.92. The zero-order valence-electron chi connectivity index (χ0n) is 15.7. The summed E-state index contributed by atoms with van der Waals surface area (Å²) >= 11 is 0. The van der Waals surface area contributed by atoms with Crippen LogP contribution in [0.4, 0.5) is 0 Å². The number of aliphatic hydroxyl groups is 1. The molecule has 1 aliphatic carbocycles. The van der Waals surface area contributed by atoms with Crippen molar-refractivity contribution in [1.29, 1.82) is 0 Å². The van der Waals surface area contributed by atoms with Gasteiger partial charge in [-0.1, -0.05) is 18.2 Å². The Hall–Kier alpha value is -2.21. The van der Waals surface area contributed by atoms with Gasteiger partial charge in [-0.2, -0.15) is 0 Å². The molecule has 6 heteroatoms. The lowest BCUT2D eigenvalue weighted by molar-refractivity contribution is -0.155. The van der Waals surface area contributed by atoms with Crippen LogP contribution >= 0.6 is 0 Å². The molecule has 1 saturated heterocycles. The molecule has 6 nitrogen and oxygen atoms in total. The Balaban J connectivity index is 2.47. The zero-order chi connectivity index (χ0) is 19.6. The molecule has 1 aliphatic heterocycles. The maximum absolute atomic E-state index is 12.4. The summed E-state index contributed by atoms with van der Waals surface area (Å²) in [7, 11) is 0. The molecule has 0 radical (unpaired) electrons. The average molecular weight is 362 g/mol. The van der Waals surface area contributed by atoms with E-state index in [0.29, 0.717) is 12.0 Å². The van der Waals surface area contributed by atoms with E-state index >= 15 is 0 Å². The Labute approximate surface area is 153 Å². The molecule has 1 heterocycles. The van der Waals surface area contributed by atoms with E-state index in [9.17, 15) is 19.5 Å². The standard InChI is InChI=1S/C20H26O6/c1-6-12(3)18(22)26-15-10-20(5,24)16(21)8-7-11(2)9-14-17(15)13(4)19(23)25-14/h6,9,14-15,17,24H,4,7-8,10H2,1-3,5H3/b11-9+,12-6-/t14-,15+,17-,20-/m0/s1. The molecule has 0 unspecified atom stereocenters. The van der Waals surface area contributed by atoms with Crippen molar-refractivity contribution in [1.82, 2.24) is 0 Å². The summed E-state index contributed by atoms with van der Waals surface area (Å²) in [6.07, 6.45) is 2.33. The van der Waals surface area contributed by atoms with Gasteiger partial charge in [0.2, 0.25) is 0 Å². The quantitative estimate of drug-likeness (QED) is 0.461. The van der Waals surface area contributed by atoms with Crippen molar-refractivity contribution in [2.75, 3.05) is 0 Å². The number of hydrogen-bond donors (Lipinski definition) is 1. The number of rotatable bonds is 2. The van der Waals surface area contributed by atoms with Gasteiger partial charge in [0.25, 0.3) is 0 Å². The van der Waals surface area contributed by atoms with Gasteiger partial charge in [-0.15, -0.1) is 0 Å². The number of esters is 2. The second kappa shape index (κ2) is 7.58. The van der Waals surface area contributed by atoms with Gasteiger partial charge < -0.3 is 14.6 Å². The Morgan fingerprint density at radius 2 is 2.08 bits per heavy atom. The number of allylic oxidation sites excluding steroid dienone is 2. The summed E-state index contributed by atoms with van der Waals surface area (Å²) in [4.78, 5) is 36.8. The molecule has 0 amide bonds. The summed E-state index contributed by atoms with van der Waals surface area (Å²) in [6, 6.07) is 0. The first-order valence-corrected chi connectivity index (χ1v) is 8.73. The van der Waals surface area contributed by atoms with E-state index in [0.717, 1.165) is 5.57 Å². The summed E-state index contributed by atoms with van der Waals surface area (Å²) in [5.74, 6) is -2.10. The predicted octanol–water partition coefficient (Wildman–Crippen LogP) is 2.41. The minimum Gasteiger partial charge on any atom is -0.458 e. The van der Waals surface area contributed by atoms with Crippen LogP contribution in [0.1, 0.15) is 47.0 Å². The van der Waals surface area contributed by atoms with Gasteiger partial charge in [-0.25, -0.2) is 9.59 Å². The van der Waals surface area contributed by atoms with Crippen molar-refractivity contribution in [2.45, 2.75) is 64.8 Å². The van der Waals surface area contributed by atoms with Crippen LogP contribution in [0, 0.1) is 5.92 Å². The van der Waals surface area contributed by atoms with Crippen LogP contribution in [0.25, 0.3) is 0 Å². The van der Waals surface area contributed by atoms with Gasteiger partial charge in [0.15, 0.2) is 5.78 Å². The molecule has 2 aliphatic rings. The number of fused-ring (bicyclic) bond motifs is 1.